The standard InChI is InChI=1S/C25H36O8.2C6H10O2.Ba/c1-5-9-13-17-21(26)30-25(31-22(27)18-14-10-6-2,32-23(28)19-15-11-7-3)33-24(29)20-16-12-8-4;2*1-2-3-4-5-6(7)8;/h13-20H,5-12H2,1-4H3;2*4-5H,2-3H2,1H3,(H,7,8);/q;;;+2/p-2. The maximum Gasteiger partial charge on any atom is 2.00 e. The average Bonchev–Trinajstić information content (AvgIpc) is 3.02. The summed E-state index contributed by atoms with van der Waals surface area (Å²) in [7, 11) is 0. The minimum Gasteiger partial charge on any atom is -0.545 e. The van der Waals surface area contributed by atoms with Crippen LogP contribution >= 0.6 is 0 Å². The monoisotopic (exact) mass is 828 g/mol. The first-order chi connectivity index (χ1) is 23.4. The molecule has 13 heteroatoms. The second-order valence-corrected chi connectivity index (χ2v) is 9.97. The van der Waals surface area contributed by atoms with Gasteiger partial charge in [-0.15, -0.1) is 0 Å². The quantitative estimate of drug-likeness (QED) is 0.0617. The smallest absolute Gasteiger partial charge is 0.545 e. The zero-order valence-electron chi connectivity index (χ0n) is 30.5. The molecule has 0 N–H and O–H groups in total. The molecule has 0 aromatic rings. The van der Waals surface area contributed by atoms with Gasteiger partial charge in [-0.1, -0.05) is 117 Å². The van der Waals surface area contributed by atoms with Crippen molar-refractivity contribution in [2.75, 3.05) is 0 Å². The Labute approximate surface area is 337 Å². The maximum absolute atomic E-state index is 12.3. The number of esters is 4. The predicted octanol–water partition coefficient (Wildman–Crippen LogP) is 5.00. The summed E-state index contributed by atoms with van der Waals surface area (Å²) in [4.78, 5) is 68.6. The number of ether oxygens (including phenoxy) is 4. The van der Waals surface area contributed by atoms with Crippen molar-refractivity contribution in [2.45, 2.75) is 125 Å². The number of hydrogen-bond acceptors (Lipinski definition) is 12. The Morgan fingerprint density at radius 1 is 0.400 bits per heavy atom. The summed E-state index contributed by atoms with van der Waals surface area (Å²) >= 11 is 0. The van der Waals surface area contributed by atoms with E-state index in [4.69, 9.17) is 18.9 Å². The summed E-state index contributed by atoms with van der Waals surface area (Å²) in [6, 6.07) is 0. The largest absolute Gasteiger partial charge is 2.00 e. The molecule has 276 valence electrons. The van der Waals surface area contributed by atoms with Crippen molar-refractivity contribution in [3.8, 4) is 0 Å². The molecule has 0 rings (SSSR count). The van der Waals surface area contributed by atoms with Gasteiger partial charge in [0.25, 0.3) is 0 Å². The number of allylic oxidation sites excluding steroid dienone is 6. The fourth-order valence-electron chi connectivity index (χ4n) is 2.83. The number of aliphatic carboxylic acids is 2. The second kappa shape index (κ2) is 38.6. The first kappa shape index (κ1) is 53.6. The summed E-state index contributed by atoms with van der Waals surface area (Å²) < 4.78 is 20.2. The van der Waals surface area contributed by atoms with Gasteiger partial charge in [0.2, 0.25) is 0 Å². The van der Waals surface area contributed by atoms with Crippen LogP contribution in [0.5, 0.6) is 0 Å². The van der Waals surface area contributed by atoms with Gasteiger partial charge in [-0.3, -0.25) is 0 Å². The molecule has 0 heterocycles. The number of carboxylic acid groups (broad SMARTS) is 2. The zero-order valence-corrected chi connectivity index (χ0v) is 35.0. The van der Waals surface area contributed by atoms with Crippen molar-refractivity contribution in [3.63, 3.8) is 0 Å². The van der Waals surface area contributed by atoms with Gasteiger partial charge in [0.15, 0.2) is 0 Å². The van der Waals surface area contributed by atoms with Gasteiger partial charge in [0.05, 0.1) is 11.9 Å². The van der Waals surface area contributed by atoms with E-state index in [1.807, 2.05) is 41.5 Å². The number of unbranched alkanes of at least 4 members (excludes halogenated alkanes) is 6. The molecule has 50 heavy (non-hydrogen) atoms. The maximum atomic E-state index is 12.3. The van der Waals surface area contributed by atoms with E-state index in [1.165, 1.54) is 24.3 Å². The SMILES string of the molecule is CCCC=CC(=O)OC(OC(=O)C=CCCC)(OC(=O)C=CCCC)OC(=O)C=CCCC.CCCC=CC(=O)[O-].CCCC=CC(=O)[O-].[Ba+2]. The molecule has 12 nitrogen and oxygen atoms in total. The normalized spacial score (nSPS) is 12.1. The first-order valence-corrected chi connectivity index (χ1v) is 16.7. The molecule has 0 unspecified atom stereocenters. The molecule has 0 aromatic carbocycles. The molecule has 0 aliphatic heterocycles. The van der Waals surface area contributed by atoms with Gasteiger partial charge >= 0.3 is 78.9 Å². The van der Waals surface area contributed by atoms with E-state index in [9.17, 15) is 39.0 Å². The Morgan fingerprint density at radius 2 is 0.580 bits per heavy atom. The van der Waals surface area contributed by atoms with Crippen molar-refractivity contribution in [2.24, 2.45) is 0 Å². The van der Waals surface area contributed by atoms with Crippen LogP contribution in [0.3, 0.4) is 0 Å². The van der Waals surface area contributed by atoms with Crippen molar-refractivity contribution in [3.05, 3.63) is 72.9 Å². The van der Waals surface area contributed by atoms with E-state index in [1.54, 1.807) is 12.2 Å². The topological polar surface area (TPSA) is 185 Å². The Bertz CT molecular complexity index is 982. The molecule has 0 spiro atoms. The van der Waals surface area contributed by atoms with Crippen LogP contribution in [0.4, 0.5) is 0 Å². The molecule has 0 aliphatic rings. The van der Waals surface area contributed by atoms with E-state index in [0.29, 0.717) is 25.7 Å². The number of carbonyl (C=O) groups is 6. The second-order valence-electron chi connectivity index (χ2n) is 9.97. The van der Waals surface area contributed by atoms with Crippen molar-refractivity contribution in [1.82, 2.24) is 0 Å². The van der Waals surface area contributed by atoms with E-state index < -0.39 is 42.0 Å². The molecule has 0 atom stereocenters. The number of hydrogen-bond donors (Lipinski definition) is 0. The van der Waals surface area contributed by atoms with Crippen LogP contribution in [0, 0.1) is 0 Å². The van der Waals surface area contributed by atoms with Crippen LogP contribution in [-0.2, 0) is 47.7 Å². The van der Waals surface area contributed by atoms with Crippen LogP contribution in [-0.4, -0.2) is 90.9 Å². The van der Waals surface area contributed by atoms with Crippen molar-refractivity contribution >= 4 is 84.7 Å². The minimum atomic E-state index is -3.03. The summed E-state index contributed by atoms with van der Waals surface area (Å²) in [5, 5.41) is 19.4. The van der Waals surface area contributed by atoms with Crippen molar-refractivity contribution in [1.29, 1.82) is 0 Å². The molecular weight excluding hydrogens is 774 g/mol. The molecule has 0 fully saturated rings. The fourth-order valence-corrected chi connectivity index (χ4v) is 2.83. The van der Waals surface area contributed by atoms with Crippen LogP contribution in [0.2, 0.25) is 0 Å². The van der Waals surface area contributed by atoms with Crippen LogP contribution in [0.1, 0.15) is 119 Å². The fraction of sp³-hybridized carbons (Fsp3) is 0.514. The third-order valence-corrected chi connectivity index (χ3v) is 5.16. The van der Waals surface area contributed by atoms with Crippen LogP contribution in [0.25, 0.3) is 0 Å². The summed E-state index contributed by atoms with van der Waals surface area (Å²) in [5.41, 5.74) is 0. The molecule has 0 aliphatic carbocycles. The molecule has 0 radical (unpaired) electrons. The minimum absolute atomic E-state index is 0. The van der Waals surface area contributed by atoms with Gasteiger partial charge < -0.3 is 38.7 Å². The van der Waals surface area contributed by atoms with E-state index >= 15 is 0 Å². The Kier molecular flexibility index (Phi) is 41.4. The third-order valence-electron chi connectivity index (χ3n) is 5.16. The zero-order chi connectivity index (χ0) is 37.8. The molecule has 0 aromatic heterocycles. The Morgan fingerprint density at radius 3 is 0.740 bits per heavy atom. The molecule has 0 bridgehead atoms. The average molecular weight is 828 g/mol. The van der Waals surface area contributed by atoms with Gasteiger partial charge in [-0.25, -0.2) is 19.2 Å². The van der Waals surface area contributed by atoms with Gasteiger partial charge in [0.1, 0.15) is 0 Å². The van der Waals surface area contributed by atoms with E-state index in [2.05, 4.69) is 0 Å². The molecule has 0 saturated heterocycles. The molecule has 0 saturated carbocycles. The Balaban J connectivity index is -0.000000510. The van der Waals surface area contributed by atoms with Crippen LogP contribution in [0.15, 0.2) is 72.9 Å². The van der Waals surface area contributed by atoms with Gasteiger partial charge in [-0.05, 0) is 50.7 Å². The van der Waals surface area contributed by atoms with Gasteiger partial charge in [-0.2, -0.15) is 0 Å². The first-order valence-electron chi connectivity index (χ1n) is 16.7. The van der Waals surface area contributed by atoms with Crippen molar-refractivity contribution < 1.29 is 57.9 Å². The van der Waals surface area contributed by atoms with Gasteiger partial charge in [0, 0.05) is 24.3 Å². The molecule has 0 amide bonds. The Hall–Kier alpha value is -3.17. The number of rotatable bonds is 22. The van der Waals surface area contributed by atoms with E-state index in [0.717, 1.165) is 87.8 Å². The summed E-state index contributed by atoms with van der Waals surface area (Å²) in [6.45, 7) is 11.6. The summed E-state index contributed by atoms with van der Waals surface area (Å²) in [6.07, 6.45) is 21.7. The van der Waals surface area contributed by atoms with Crippen LogP contribution < -0.4 is 10.2 Å². The predicted molar refractivity (Wildman–Crippen MR) is 187 cm³/mol. The third kappa shape index (κ3) is 39.3. The molecular formula is C37H54BaO12. The summed E-state index contributed by atoms with van der Waals surface area (Å²) in [5.74, 6) is -6.32. The number of carbonyl (C=O) groups excluding carboxylic acids is 6. The number of carboxylic acids is 2. The van der Waals surface area contributed by atoms with E-state index in [-0.39, 0.29) is 48.9 Å².